The summed E-state index contributed by atoms with van der Waals surface area (Å²) >= 11 is 0. The molecule has 0 spiro atoms. The highest BCUT2D eigenvalue weighted by atomic mass is 17.1. The second-order valence-electron chi connectivity index (χ2n) is 15.2. The normalized spacial score (nSPS) is 23.0. The molecule has 0 bridgehead atoms. The van der Waals surface area contributed by atoms with E-state index in [1.807, 2.05) is 12.1 Å². The Balaban J connectivity index is 1.22. The van der Waals surface area contributed by atoms with Crippen molar-refractivity contribution in [3.8, 4) is 5.75 Å². The lowest BCUT2D eigenvalue weighted by molar-refractivity contribution is -0.291. The Bertz CT molecular complexity index is 1480. The molecule has 0 heterocycles. The minimum absolute atomic E-state index is 0.304. The third kappa shape index (κ3) is 9.65. The van der Waals surface area contributed by atoms with Gasteiger partial charge in [-0.15, -0.1) is 0 Å². The van der Waals surface area contributed by atoms with Crippen LogP contribution in [0.4, 0.5) is 0 Å². The first-order chi connectivity index (χ1) is 24.1. The van der Waals surface area contributed by atoms with Crippen molar-refractivity contribution in [2.45, 2.75) is 115 Å². The van der Waals surface area contributed by atoms with Crippen molar-refractivity contribution in [3.05, 3.63) is 137 Å². The van der Waals surface area contributed by atoms with E-state index in [-0.39, 0.29) is 5.92 Å². The van der Waals surface area contributed by atoms with E-state index in [1.165, 1.54) is 81.8 Å². The van der Waals surface area contributed by atoms with Crippen LogP contribution in [0.3, 0.4) is 0 Å². The van der Waals surface area contributed by atoms with Gasteiger partial charge in [-0.05, 0) is 102 Å². The highest BCUT2D eigenvalue weighted by Gasteiger charge is 2.36. The van der Waals surface area contributed by atoms with Crippen LogP contribution >= 0.6 is 0 Å². The summed E-state index contributed by atoms with van der Waals surface area (Å²) in [6, 6.07) is 38.3. The van der Waals surface area contributed by atoms with Crippen molar-refractivity contribution in [3.63, 3.8) is 0 Å². The molecule has 2 fully saturated rings. The molecule has 0 aliphatic heterocycles. The molecule has 260 valence electrons. The molecule has 3 heteroatoms. The Morgan fingerprint density at radius 1 is 0.531 bits per heavy atom. The molecule has 2 saturated carbocycles. The predicted octanol–water partition coefficient (Wildman–Crippen LogP) is 12.7. The highest BCUT2D eigenvalue weighted by Crippen LogP contribution is 2.45. The van der Waals surface area contributed by atoms with E-state index >= 15 is 0 Å². The molecular formula is C46H58O3. The van der Waals surface area contributed by atoms with Crippen LogP contribution in [-0.4, -0.2) is 5.26 Å². The summed E-state index contributed by atoms with van der Waals surface area (Å²) in [5, 5.41) is 10.6. The molecule has 1 N–H and O–H groups in total. The van der Waals surface area contributed by atoms with Crippen molar-refractivity contribution in [2.24, 2.45) is 23.7 Å². The summed E-state index contributed by atoms with van der Waals surface area (Å²) in [7, 11) is 0. The molecule has 2 aliphatic rings. The third-order valence-electron chi connectivity index (χ3n) is 11.8. The average molecular weight is 659 g/mol. The van der Waals surface area contributed by atoms with Crippen LogP contribution in [0.2, 0.25) is 0 Å². The monoisotopic (exact) mass is 658 g/mol. The van der Waals surface area contributed by atoms with Crippen LogP contribution in [0.5, 0.6) is 5.75 Å². The Morgan fingerprint density at radius 3 is 1.51 bits per heavy atom. The first-order valence-electron chi connectivity index (χ1n) is 19.4. The van der Waals surface area contributed by atoms with E-state index in [2.05, 4.69) is 111 Å². The van der Waals surface area contributed by atoms with Crippen LogP contribution in [0.15, 0.2) is 109 Å². The second-order valence-corrected chi connectivity index (χ2v) is 15.2. The zero-order chi connectivity index (χ0) is 33.8. The molecule has 4 aromatic rings. The predicted molar refractivity (Wildman–Crippen MR) is 202 cm³/mol. The Hall–Kier alpha value is -3.40. The third-order valence-corrected chi connectivity index (χ3v) is 11.8. The zero-order valence-corrected chi connectivity index (χ0v) is 29.9. The van der Waals surface area contributed by atoms with Gasteiger partial charge in [0.15, 0.2) is 0 Å². The van der Waals surface area contributed by atoms with Crippen molar-refractivity contribution < 1.29 is 14.9 Å². The first-order valence-corrected chi connectivity index (χ1v) is 19.4. The van der Waals surface area contributed by atoms with Gasteiger partial charge in [-0.2, -0.15) is 0 Å². The van der Waals surface area contributed by atoms with Crippen LogP contribution in [-0.2, 0) is 17.7 Å². The average Bonchev–Trinajstić information content (AvgIpc) is 3.16. The van der Waals surface area contributed by atoms with Gasteiger partial charge in [0, 0.05) is 0 Å². The van der Waals surface area contributed by atoms with E-state index in [1.54, 1.807) is 0 Å². The number of rotatable bonds is 15. The fraction of sp³-hybridized carbons (Fsp3) is 0.478. The molecule has 0 radical (unpaired) electrons. The van der Waals surface area contributed by atoms with Crippen LogP contribution in [0, 0.1) is 23.7 Å². The van der Waals surface area contributed by atoms with Gasteiger partial charge < -0.3 is 4.74 Å². The minimum atomic E-state index is -0.622. The van der Waals surface area contributed by atoms with Crippen LogP contribution < -0.4 is 4.74 Å². The molecule has 0 saturated heterocycles. The van der Waals surface area contributed by atoms with Gasteiger partial charge in [0.2, 0.25) is 0 Å². The quantitative estimate of drug-likeness (QED) is 0.102. The molecule has 0 amide bonds. The van der Waals surface area contributed by atoms with E-state index < -0.39 is 12.2 Å². The molecule has 3 nitrogen and oxygen atoms in total. The summed E-state index contributed by atoms with van der Waals surface area (Å²) in [4.78, 5) is 5.45. The Morgan fingerprint density at radius 2 is 1.00 bits per heavy atom. The Kier molecular flexibility index (Phi) is 13.0. The maximum Gasteiger partial charge on any atom is 0.133 e. The summed E-state index contributed by atoms with van der Waals surface area (Å²) in [6.45, 7) is 4.64. The van der Waals surface area contributed by atoms with Crippen molar-refractivity contribution in [2.75, 3.05) is 0 Å². The summed E-state index contributed by atoms with van der Waals surface area (Å²) < 4.78 is 6.96. The number of hydrogen-bond donors (Lipinski definition) is 1. The number of hydrogen-bond acceptors (Lipinski definition) is 3. The van der Waals surface area contributed by atoms with Gasteiger partial charge in [0.05, 0.1) is 5.92 Å². The summed E-state index contributed by atoms with van der Waals surface area (Å²) in [5.74, 6) is 3.91. The molecule has 3 atom stereocenters. The molecule has 6 rings (SSSR count). The van der Waals surface area contributed by atoms with Crippen molar-refractivity contribution in [1.29, 1.82) is 0 Å². The van der Waals surface area contributed by atoms with E-state index in [0.717, 1.165) is 59.0 Å². The van der Waals surface area contributed by atoms with E-state index in [0.29, 0.717) is 0 Å². The summed E-state index contributed by atoms with van der Waals surface area (Å²) in [6.07, 6.45) is 16.1. The maximum atomic E-state index is 10.6. The summed E-state index contributed by atoms with van der Waals surface area (Å²) in [5.41, 5.74) is 5.80. The SMILES string of the molecule is CCCC1CCC(Cc2ccc(O[C@H](c3ccccc3)[C@@H](c3ccccc3)C(OO)c3ccc(CC4CCC(CC)CC4)cc3)cc2)CC1. The van der Waals surface area contributed by atoms with E-state index in [9.17, 15) is 5.26 Å². The minimum Gasteiger partial charge on any atom is -0.485 e. The molecule has 49 heavy (non-hydrogen) atoms. The molecule has 0 aromatic heterocycles. The number of benzene rings is 4. The smallest absolute Gasteiger partial charge is 0.133 e. The number of ether oxygens (including phenoxy) is 1. The van der Waals surface area contributed by atoms with Crippen molar-refractivity contribution in [1.82, 2.24) is 0 Å². The second kappa shape index (κ2) is 18.0. The van der Waals surface area contributed by atoms with Gasteiger partial charge in [-0.1, -0.05) is 156 Å². The molecular weight excluding hydrogens is 601 g/mol. The largest absolute Gasteiger partial charge is 0.485 e. The van der Waals surface area contributed by atoms with E-state index in [4.69, 9.17) is 9.62 Å². The maximum absolute atomic E-state index is 10.6. The van der Waals surface area contributed by atoms with Gasteiger partial charge in [0.25, 0.3) is 0 Å². The fourth-order valence-electron chi connectivity index (χ4n) is 8.85. The Labute approximate surface area is 296 Å². The lowest BCUT2D eigenvalue weighted by Gasteiger charge is -2.33. The lowest BCUT2D eigenvalue weighted by atomic mass is 9.78. The molecule has 2 aliphatic carbocycles. The molecule has 1 unspecified atom stereocenters. The van der Waals surface area contributed by atoms with Crippen LogP contribution in [0.1, 0.15) is 130 Å². The van der Waals surface area contributed by atoms with Gasteiger partial charge in [-0.3, -0.25) is 5.26 Å². The first kappa shape index (κ1) is 35.4. The van der Waals surface area contributed by atoms with Gasteiger partial charge in [-0.25, -0.2) is 4.89 Å². The van der Waals surface area contributed by atoms with Gasteiger partial charge >= 0.3 is 0 Å². The van der Waals surface area contributed by atoms with Gasteiger partial charge in [0.1, 0.15) is 18.0 Å². The van der Waals surface area contributed by atoms with Crippen LogP contribution in [0.25, 0.3) is 0 Å². The topological polar surface area (TPSA) is 38.7 Å². The molecule has 4 aromatic carbocycles. The fourth-order valence-corrected chi connectivity index (χ4v) is 8.85. The lowest BCUT2D eigenvalue weighted by Crippen LogP contribution is -2.25. The highest BCUT2D eigenvalue weighted by molar-refractivity contribution is 5.35. The van der Waals surface area contributed by atoms with Crippen molar-refractivity contribution >= 4 is 0 Å². The zero-order valence-electron chi connectivity index (χ0n) is 29.9. The standard InChI is InChI=1S/C46H58O3/c1-3-11-35-18-22-37(23-19-35)33-39-26-30-43(31-27-39)48-45(41-14-9-6-10-15-41)44(40-12-7-5-8-13-40)46(49-47)42-28-24-38(25-29-42)32-36-20-16-34(4-2)17-21-36/h5-10,12-15,24-31,34-37,44-47H,3-4,11,16-23,32-33H2,1-2H3/t34?,35?,36?,37?,44-,45-,46?/m1/s1.